The van der Waals surface area contributed by atoms with Crippen molar-refractivity contribution >= 4 is 17.8 Å². The van der Waals surface area contributed by atoms with Crippen LogP contribution < -0.4 is 5.32 Å². The fraction of sp³-hybridized carbons (Fsp3) is 0.560. The predicted molar refractivity (Wildman–Crippen MR) is 121 cm³/mol. The molecule has 0 aliphatic carbocycles. The Balaban J connectivity index is 2.48. The van der Waals surface area contributed by atoms with Gasteiger partial charge in [-0.25, -0.2) is 4.79 Å². The predicted octanol–water partition coefficient (Wildman–Crippen LogP) is 4.86. The van der Waals surface area contributed by atoms with Crippen LogP contribution >= 0.6 is 0 Å². The molecule has 1 unspecified atom stereocenters. The highest BCUT2D eigenvalue weighted by Gasteiger charge is 2.23. The van der Waals surface area contributed by atoms with E-state index >= 15 is 0 Å². The molecule has 0 bridgehead atoms. The minimum atomic E-state index is -0.878. The Morgan fingerprint density at radius 2 is 1.65 bits per heavy atom. The first-order valence-electron chi connectivity index (χ1n) is 11.3. The number of hydrogen-bond donors (Lipinski definition) is 1. The van der Waals surface area contributed by atoms with E-state index in [-0.39, 0.29) is 32.0 Å². The molecule has 172 valence electrons. The Bertz CT molecular complexity index is 659. The zero-order valence-corrected chi connectivity index (χ0v) is 18.8. The Morgan fingerprint density at radius 1 is 0.968 bits per heavy atom. The molecule has 6 heteroatoms. The fourth-order valence-electron chi connectivity index (χ4n) is 3.07. The SMILES string of the molecule is C=CCOC(=O)CCC(NC(=O)CCCCCCCCC)C(=O)OCc1ccccc1. The van der Waals surface area contributed by atoms with E-state index in [1.54, 1.807) is 0 Å². The summed E-state index contributed by atoms with van der Waals surface area (Å²) in [5.74, 6) is -1.19. The minimum Gasteiger partial charge on any atom is -0.461 e. The maximum atomic E-state index is 12.6. The molecule has 1 N–H and O–H groups in total. The highest BCUT2D eigenvalue weighted by Crippen LogP contribution is 2.10. The molecule has 1 aromatic carbocycles. The number of unbranched alkanes of at least 4 members (excludes halogenated alkanes) is 6. The fourth-order valence-corrected chi connectivity index (χ4v) is 3.07. The lowest BCUT2D eigenvalue weighted by Gasteiger charge is -2.17. The molecule has 0 fully saturated rings. The van der Waals surface area contributed by atoms with Gasteiger partial charge in [-0.05, 0) is 18.4 Å². The quantitative estimate of drug-likeness (QED) is 0.216. The number of esters is 2. The van der Waals surface area contributed by atoms with Gasteiger partial charge in [0.05, 0.1) is 0 Å². The number of rotatable bonds is 17. The molecule has 0 heterocycles. The summed E-state index contributed by atoms with van der Waals surface area (Å²) < 4.78 is 10.3. The van der Waals surface area contributed by atoms with E-state index in [1.165, 1.54) is 31.8 Å². The van der Waals surface area contributed by atoms with E-state index < -0.39 is 18.0 Å². The van der Waals surface area contributed by atoms with Crippen molar-refractivity contribution in [1.82, 2.24) is 5.32 Å². The van der Waals surface area contributed by atoms with E-state index in [2.05, 4.69) is 18.8 Å². The van der Waals surface area contributed by atoms with Gasteiger partial charge in [0.15, 0.2) is 0 Å². The van der Waals surface area contributed by atoms with Crippen molar-refractivity contribution < 1.29 is 23.9 Å². The van der Waals surface area contributed by atoms with E-state index in [0.29, 0.717) is 6.42 Å². The van der Waals surface area contributed by atoms with Crippen LogP contribution in [0.3, 0.4) is 0 Å². The Labute approximate surface area is 186 Å². The van der Waals surface area contributed by atoms with E-state index in [9.17, 15) is 14.4 Å². The number of ether oxygens (including phenoxy) is 2. The molecule has 1 amide bonds. The van der Waals surface area contributed by atoms with Crippen LogP contribution in [-0.2, 0) is 30.5 Å². The van der Waals surface area contributed by atoms with Gasteiger partial charge < -0.3 is 14.8 Å². The number of carbonyl (C=O) groups is 3. The number of nitrogens with one attached hydrogen (secondary N) is 1. The Kier molecular flexibility index (Phi) is 14.6. The topological polar surface area (TPSA) is 81.7 Å². The summed E-state index contributed by atoms with van der Waals surface area (Å²) in [6.45, 7) is 5.92. The van der Waals surface area contributed by atoms with Gasteiger partial charge in [0.25, 0.3) is 0 Å². The van der Waals surface area contributed by atoms with Crippen LogP contribution in [0.5, 0.6) is 0 Å². The standard InChI is InChI=1S/C25H37NO5/c1-3-5-6-7-8-9-13-16-23(27)26-22(17-18-24(28)30-19-4-2)25(29)31-20-21-14-11-10-12-15-21/h4,10-12,14-15,22H,2-3,5-9,13,16-20H2,1H3,(H,26,27). The van der Waals surface area contributed by atoms with Crippen LogP contribution in [-0.4, -0.2) is 30.5 Å². The third-order valence-corrected chi connectivity index (χ3v) is 4.85. The number of benzene rings is 1. The molecule has 0 aliphatic heterocycles. The van der Waals surface area contributed by atoms with Gasteiger partial charge in [-0.2, -0.15) is 0 Å². The summed E-state index contributed by atoms with van der Waals surface area (Å²) in [5, 5.41) is 2.73. The van der Waals surface area contributed by atoms with Crippen molar-refractivity contribution in [2.75, 3.05) is 6.61 Å². The lowest BCUT2D eigenvalue weighted by atomic mass is 10.1. The maximum Gasteiger partial charge on any atom is 0.328 e. The number of hydrogen-bond acceptors (Lipinski definition) is 5. The molecule has 0 aromatic heterocycles. The van der Waals surface area contributed by atoms with Crippen molar-refractivity contribution in [2.24, 2.45) is 0 Å². The summed E-state index contributed by atoms with van der Waals surface area (Å²) in [7, 11) is 0. The van der Waals surface area contributed by atoms with Gasteiger partial charge in [0.2, 0.25) is 5.91 Å². The van der Waals surface area contributed by atoms with Gasteiger partial charge in [-0.3, -0.25) is 9.59 Å². The second-order valence-corrected chi connectivity index (χ2v) is 7.60. The molecule has 31 heavy (non-hydrogen) atoms. The van der Waals surface area contributed by atoms with Gasteiger partial charge in [-0.15, -0.1) is 0 Å². The molecular weight excluding hydrogens is 394 g/mol. The van der Waals surface area contributed by atoms with Gasteiger partial charge >= 0.3 is 11.9 Å². The maximum absolute atomic E-state index is 12.6. The lowest BCUT2D eigenvalue weighted by Crippen LogP contribution is -2.42. The summed E-state index contributed by atoms with van der Waals surface area (Å²) in [6.07, 6.45) is 9.77. The second kappa shape index (κ2) is 17.1. The lowest BCUT2D eigenvalue weighted by molar-refractivity contribution is -0.150. The molecule has 1 atom stereocenters. The smallest absolute Gasteiger partial charge is 0.328 e. The first kappa shape index (κ1) is 26.4. The van der Waals surface area contributed by atoms with Crippen LogP contribution in [0.4, 0.5) is 0 Å². The van der Waals surface area contributed by atoms with E-state index in [4.69, 9.17) is 9.47 Å². The van der Waals surface area contributed by atoms with Crippen LogP contribution in [0, 0.1) is 0 Å². The second-order valence-electron chi connectivity index (χ2n) is 7.60. The average molecular weight is 432 g/mol. The zero-order valence-electron chi connectivity index (χ0n) is 18.8. The molecule has 0 radical (unpaired) electrons. The molecule has 6 nitrogen and oxygen atoms in total. The Morgan fingerprint density at radius 3 is 2.32 bits per heavy atom. The Hall–Kier alpha value is -2.63. The summed E-state index contributed by atoms with van der Waals surface area (Å²) in [5.41, 5.74) is 0.856. The minimum absolute atomic E-state index is 0.0106. The normalized spacial score (nSPS) is 11.4. The first-order chi connectivity index (χ1) is 15.1. The number of carbonyl (C=O) groups excluding carboxylic acids is 3. The summed E-state index contributed by atoms with van der Waals surface area (Å²) in [4.78, 5) is 36.7. The van der Waals surface area contributed by atoms with Crippen molar-refractivity contribution in [2.45, 2.75) is 83.8 Å². The monoisotopic (exact) mass is 431 g/mol. The van der Waals surface area contributed by atoms with Crippen molar-refractivity contribution in [3.63, 3.8) is 0 Å². The average Bonchev–Trinajstić information content (AvgIpc) is 2.78. The largest absolute Gasteiger partial charge is 0.461 e. The van der Waals surface area contributed by atoms with Gasteiger partial charge in [-0.1, -0.05) is 88.4 Å². The van der Waals surface area contributed by atoms with Crippen LogP contribution in [0.15, 0.2) is 43.0 Å². The molecule has 1 rings (SSSR count). The molecule has 0 aliphatic rings. The molecule has 0 saturated carbocycles. The first-order valence-corrected chi connectivity index (χ1v) is 11.3. The van der Waals surface area contributed by atoms with E-state index in [1.807, 2.05) is 30.3 Å². The van der Waals surface area contributed by atoms with Crippen LogP contribution in [0.25, 0.3) is 0 Å². The third kappa shape index (κ3) is 13.3. The summed E-state index contributed by atoms with van der Waals surface area (Å²) in [6, 6.07) is 8.44. The van der Waals surface area contributed by atoms with E-state index in [0.717, 1.165) is 24.8 Å². The van der Waals surface area contributed by atoms with Crippen molar-refractivity contribution in [3.05, 3.63) is 48.6 Å². The molecular formula is C25H37NO5. The highest BCUT2D eigenvalue weighted by molar-refractivity contribution is 5.85. The molecule has 1 aromatic rings. The van der Waals surface area contributed by atoms with Crippen LogP contribution in [0.1, 0.15) is 76.7 Å². The molecule has 0 spiro atoms. The van der Waals surface area contributed by atoms with Crippen molar-refractivity contribution in [1.29, 1.82) is 0 Å². The number of amides is 1. The zero-order chi connectivity index (χ0) is 22.7. The molecule has 0 saturated heterocycles. The van der Waals surface area contributed by atoms with Crippen LogP contribution in [0.2, 0.25) is 0 Å². The summed E-state index contributed by atoms with van der Waals surface area (Å²) >= 11 is 0. The van der Waals surface area contributed by atoms with Crippen molar-refractivity contribution in [3.8, 4) is 0 Å². The third-order valence-electron chi connectivity index (χ3n) is 4.85. The van der Waals surface area contributed by atoms with Gasteiger partial charge in [0, 0.05) is 12.8 Å². The van der Waals surface area contributed by atoms with Gasteiger partial charge in [0.1, 0.15) is 19.3 Å². The highest BCUT2D eigenvalue weighted by atomic mass is 16.5.